The van der Waals surface area contributed by atoms with Crippen molar-refractivity contribution in [3.8, 4) is 5.75 Å². The van der Waals surface area contributed by atoms with E-state index < -0.39 is 6.10 Å². The number of likely N-dealkylation sites (tertiary alicyclic amines) is 1. The third-order valence-electron chi connectivity index (χ3n) is 7.50. The molecule has 0 bridgehead atoms. The molecule has 1 saturated heterocycles. The van der Waals surface area contributed by atoms with Crippen LogP contribution in [0.2, 0.25) is 0 Å². The maximum absolute atomic E-state index is 11.7. The molecule has 0 unspecified atom stereocenters. The number of ether oxygens (including phenoxy) is 2. The second-order valence-electron chi connectivity index (χ2n) is 10.4. The highest BCUT2D eigenvalue weighted by molar-refractivity contribution is 6.07. The zero-order chi connectivity index (χ0) is 27.0. The molecule has 1 atom stereocenters. The van der Waals surface area contributed by atoms with E-state index in [1.807, 2.05) is 17.0 Å². The minimum Gasteiger partial charge on any atom is -0.494 e. The van der Waals surface area contributed by atoms with Gasteiger partial charge >= 0.3 is 0 Å². The normalized spacial score (nSPS) is 14.6. The van der Waals surface area contributed by atoms with Gasteiger partial charge in [-0.3, -0.25) is 9.69 Å². The van der Waals surface area contributed by atoms with Gasteiger partial charge in [-0.15, -0.1) is 0 Å². The molecule has 5 rings (SSSR count). The average Bonchev–Trinajstić information content (AvgIpc) is 3.51. The lowest BCUT2D eigenvalue weighted by atomic mass is 10.2. The van der Waals surface area contributed by atoms with E-state index in [9.17, 15) is 9.90 Å². The fourth-order valence-electron chi connectivity index (χ4n) is 5.56. The Morgan fingerprint density at radius 3 is 2.28 bits per heavy atom. The van der Waals surface area contributed by atoms with Crippen LogP contribution in [0.5, 0.6) is 5.75 Å². The molecule has 2 heterocycles. The summed E-state index contributed by atoms with van der Waals surface area (Å²) < 4.78 is 13.5. The highest BCUT2D eigenvalue weighted by Crippen LogP contribution is 2.29. The van der Waals surface area contributed by atoms with Crippen molar-refractivity contribution in [1.82, 2.24) is 14.4 Å². The van der Waals surface area contributed by atoms with Crippen LogP contribution in [0.25, 0.3) is 21.8 Å². The lowest BCUT2D eigenvalue weighted by Crippen LogP contribution is -2.36. The van der Waals surface area contributed by atoms with Crippen molar-refractivity contribution in [2.45, 2.75) is 38.5 Å². The molecule has 39 heavy (non-hydrogen) atoms. The Kier molecular flexibility index (Phi) is 9.14. The highest BCUT2D eigenvalue weighted by atomic mass is 16.5. The summed E-state index contributed by atoms with van der Waals surface area (Å²) >= 11 is 0. The van der Waals surface area contributed by atoms with E-state index in [0.717, 1.165) is 54.8 Å². The topological polar surface area (TPSA) is 67.2 Å². The van der Waals surface area contributed by atoms with Crippen molar-refractivity contribution in [2.75, 3.05) is 46.5 Å². The number of amides is 1. The quantitative estimate of drug-likeness (QED) is 0.240. The molecular weight excluding hydrogens is 490 g/mol. The number of hydrogen-bond donors (Lipinski definition) is 1. The summed E-state index contributed by atoms with van der Waals surface area (Å²) in [5.74, 6) is 1.10. The molecule has 0 radical (unpaired) electrons. The number of aliphatic hydroxyl groups excluding tert-OH is 1. The first-order valence-electron chi connectivity index (χ1n) is 14.0. The minimum atomic E-state index is -0.536. The van der Waals surface area contributed by atoms with E-state index in [1.165, 1.54) is 10.8 Å². The molecule has 0 aliphatic carbocycles. The number of benzene rings is 3. The summed E-state index contributed by atoms with van der Waals surface area (Å²) in [6, 6.07) is 24.9. The second kappa shape index (κ2) is 13.1. The average molecular weight is 530 g/mol. The molecular formula is C32H39N3O4. The van der Waals surface area contributed by atoms with E-state index in [4.69, 9.17) is 9.47 Å². The van der Waals surface area contributed by atoms with Gasteiger partial charge in [0.1, 0.15) is 5.75 Å². The molecule has 1 aliphatic rings. The van der Waals surface area contributed by atoms with Crippen molar-refractivity contribution in [3.05, 3.63) is 78.4 Å². The number of carbonyl (C=O) groups is 1. The Balaban J connectivity index is 1.17. The Labute approximate surface area is 230 Å². The van der Waals surface area contributed by atoms with Gasteiger partial charge in [0.05, 0.1) is 25.9 Å². The van der Waals surface area contributed by atoms with Crippen LogP contribution in [0.1, 0.15) is 24.8 Å². The molecule has 0 spiro atoms. The fraction of sp³-hybridized carbons (Fsp3) is 0.406. The van der Waals surface area contributed by atoms with E-state index >= 15 is 0 Å². The fourth-order valence-corrected chi connectivity index (χ4v) is 5.56. The van der Waals surface area contributed by atoms with Gasteiger partial charge in [0.2, 0.25) is 5.91 Å². The van der Waals surface area contributed by atoms with Crippen LogP contribution in [0, 0.1) is 0 Å². The first kappa shape index (κ1) is 27.2. The van der Waals surface area contributed by atoms with Crippen LogP contribution < -0.4 is 4.74 Å². The maximum atomic E-state index is 11.7. The van der Waals surface area contributed by atoms with Crippen molar-refractivity contribution in [3.63, 3.8) is 0 Å². The molecule has 3 aromatic carbocycles. The number of para-hydroxylation sites is 2. The van der Waals surface area contributed by atoms with Gasteiger partial charge in [-0.1, -0.05) is 48.5 Å². The van der Waals surface area contributed by atoms with Gasteiger partial charge in [0.15, 0.2) is 0 Å². The zero-order valence-corrected chi connectivity index (χ0v) is 22.8. The van der Waals surface area contributed by atoms with Crippen LogP contribution in [-0.2, 0) is 22.6 Å². The molecule has 1 amide bonds. The van der Waals surface area contributed by atoms with Crippen LogP contribution in [0.4, 0.5) is 0 Å². The summed E-state index contributed by atoms with van der Waals surface area (Å²) in [6.45, 7) is 5.34. The third kappa shape index (κ3) is 6.79. The minimum absolute atomic E-state index is 0.262. The first-order valence-corrected chi connectivity index (χ1v) is 14.0. The SMILES string of the molecule is COCCN(Cc1ccc(OCCCN2CCCC2=O)cc1)C[C@H](O)Cn1c2ccccc2c2ccccc21. The molecule has 0 saturated carbocycles. The van der Waals surface area contributed by atoms with Crippen LogP contribution in [0.15, 0.2) is 72.8 Å². The summed E-state index contributed by atoms with van der Waals surface area (Å²) in [4.78, 5) is 15.9. The molecule has 206 valence electrons. The molecule has 7 heteroatoms. The standard InChI is InChI=1S/C32H39N3O4/c1-38-21-19-33(22-25-13-15-27(16-14-25)39-20-7-18-34-17-6-12-32(34)37)23-26(36)24-35-30-10-4-2-8-28(30)29-9-3-5-11-31(29)35/h2-5,8-11,13-16,26,36H,6-7,12,17-24H2,1H3/t26-/m0/s1. The van der Waals surface area contributed by atoms with Gasteiger partial charge in [-0.25, -0.2) is 0 Å². The predicted octanol–water partition coefficient (Wildman–Crippen LogP) is 4.70. The molecule has 7 nitrogen and oxygen atoms in total. The highest BCUT2D eigenvalue weighted by Gasteiger charge is 2.19. The number of fused-ring (bicyclic) bond motifs is 3. The van der Waals surface area contributed by atoms with Crippen molar-refractivity contribution in [2.24, 2.45) is 0 Å². The van der Waals surface area contributed by atoms with E-state index in [1.54, 1.807) is 7.11 Å². The Bertz CT molecular complexity index is 1310. The monoisotopic (exact) mass is 529 g/mol. The summed E-state index contributed by atoms with van der Waals surface area (Å²) in [5, 5.41) is 13.6. The number of methoxy groups -OCH3 is 1. The van der Waals surface area contributed by atoms with E-state index in [0.29, 0.717) is 39.3 Å². The zero-order valence-electron chi connectivity index (χ0n) is 22.8. The number of nitrogens with zero attached hydrogens (tertiary/aromatic N) is 3. The van der Waals surface area contributed by atoms with Crippen LogP contribution in [0.3, 0.4) is 0 Å². The number of aromatic nitrogens is 1. The second-order valence-corrected chi connectivity index (χ2v) is 10.4. The Hall–Kier alpha value is -3.39. The lowest BCUT2D eigenvalue weighted by molar-refractivity contribution is -0.127. The predicted molar refractivity (Wildman–Crippen MR) is 155 cm³/mol. The van der Waals surface area contributed by atoms with Crippen molar-refractivity contribution >= 4 is 27.7 Å². The first-order chi connectivity index (χ1) is 19.1. The maximum Gasteiger partial charge on any atom is 0.222 e. The number of hydrogen-bond acceptors (Lipinski definition) is 5. The molecule has 1 aromatic heterocycles. The summed E-state index contributed by atoms with van der Waals surface area (Å²) in [7, 11) is 1.71. The van der Waals surface area contributed by atoms with E-state index in [2.05, 4.69) is 70.1 Å². The van der Waals surface area contributed by atoms with Gasteiger partial charge in [0.25, 0.3) is 0 Å². The molecule has 1 fully saturated rings. The lowest BCUT2D eigenvalue weighted by Gasteiger charge is -2.25. The van der Waals surface area contributed by atoms with Crippen LogP contribution >= 0.6 is 0 Å². The largest absolute Gasteiger partial charge is 0.494 e. The Morgan fingerprint density at radius 1 is 0.949 bits per heavy atom. The van der Waals surface area contributed by atoms with Crippen molar-refractivity contribution in [1.29, 1.82) is 0 Å². The summed E-state index contributed by atoms with van der Waals surface area (Å²) in [5.41, 5.74) is 3.44. The van der Waals surface area contributed by atoms with Crippen LogP contribution in [-0.4, -0.2) is 78.0 Å². The molecule has 4 aromatic rings. The summed E-state index contributed by atoms with van der Waals surface area (Å²) in [6.07, 6.45) is 1.95. The molecule has 1 N–H and O–H groups in total. The van der Waals surface area contributed by atoms with Gasteiger partial charge < -0.3 is 24.0 Å². The molecule has 1 aliphatic heterocycles. The third-order valence-corrected chi connectivity index (χ3v) is 7.50. The van der Waals surface area contributed by atoms with Gasteiger partial charge in [-0.05, 0) is 42.7 Å². The number of carbonyl (C=O) groups excluding carboxylic acids is 1. The Morgan fingerprint density at radius 2 is 1.64 bits per heavy atom. The number of rotatable bonds is 14. The van der Waals surface area contributed by atoms with Crippen molar-refractivity contribution < 1.29 is 19.4 Å². The van der Waals surface area contributed by atoms with E-state index in [-0.39, 0.29) is 5.91 Å². The number of aliphatic hydroxyl groups is 1. The smallest absolute Gasteiger partial charge is 0.222 e. The van der Waals surface area contributed by atoms with Gasteiger partial charge in [-0.2, -0.15) is 0 Å². The van der Waals surface area contributed by atoms with Gasteiger partial charge in [0, 0.05) is 68.1 Å².